The zero-order chi connectivity index (χ0) is 18.8. The molecule has 1 fully saturated rings. The van der Waals surface area contributed by atoms with Crippen molar-refractivity contribution >= 4 is 5.91 Å². The molecule has 1 atom stereocenters. The zero-order valence-corrected chi connectivity index (χ0v) is 15.1. The summed E-state index contributed by atoms with van der Waals surface area (Å²) < 4.78 is 5.20. The summed E-state index contributed by atoms with van der Waals surface area (Å²) in [4.78, 5) is 12.3. The highest BCUT2D eigenvalue weighted by molar-refractivity contribution is 5.92. The second-order valence-electron chi connectivity index (χ2n) is 7.10. The van der Waals surface area contributed by atoms with Crippen LogP contribution in [0.25, 0.3) is 11.3 Å². The monoisotopic (exact) mass is 369 g/mol. The third kappa shape index (κ3) is 3.96. The summed E-state index contributed by atoms with van der Waals surface area (Å²) in [6.45, 7) is 2.53. The molecule has 1 aromatic heterocycles. The minimum absolute atomic E-state index is 0.142. The number of carbonyl (C=O) groups excluding carboxylic acids is 1. The number of aromatic nitrogens is 1. The second kappa shape index (κ2) is 7.42. The Balaban J connectivity index is 1.25. The van der Waals surface area contributed by atoms with Gasteiger partial charge in [-0.3, -0.25) is 9.80 Å². The van der Waals surface area contributed by atoms with Gasteiger partial charge in [0.15, 0.2) is 0 Å². The predicted molar refractivity (Wildman–Crippen MR) is 98.7 cm³/mol. The van der Waals surface area contributed by atoms with Gasteiger partial charge < -0.3 is 20.4 Å². The van der Waals surface area contributed by atoms with Gasteiger partial charge in [-0.15, -0.1) is 5.53 Å². The minimum Gasteiger partial charge on any atom is -0.387 e. The Kier molecular flexibility index (Phi) is 4.83. The molecule has 4 N–H and O–H groups in total. The van der Waals surface area contributed by atoms with E-state index in [4.69, 9.17) is 4.52 Å². The highest BCUT2D eigenvalue weighted by Crippen LogP contribution is 2.29. The molecule has 8 nitrogen and oxygen atoms in total. The maximum absolute atomic E-state index is 12.3. The topological polar surface area (TPSA) is 103 Å². The van der Waals surface area contributed by atoms with Crippen LogP contribution in [0.1, 0.15) is 30.3 Å². The van der Waals surface area contributed by atoms with E-state index in [1.807, 2.05) is 41.5 Å². The SMILES string of the molecule is C[C@@H](O)C1=CN(C[C@H]2C[C@H](NC(=O)c3cc(-c4ccccc4)no3)C2)NN1. The Bertz CT molecular complexity index is 827. The number of amides is 1. The number of hydrogen-bond donors (Lipinski definition) is 4. The number of hydrogen-bond acceptors (Lipinski definition) is 7. The lowest BCUT2D eigenvalue weighted by atomic mass is 9.80. The molecule has 1 amide bonds. The second-order valence-corrected chi connectivity index (χ2v) is 7.10. The maximum Gasteiger partial charge on any atom is 0.290 e. The summed E-state index contributed by atoms with van der Waals surface area (Å²) in [7, 11) is 0. The molecule has 0 unspecified atom stereocenters. The summed E-state index contributed by atoms with van der Waals surface area (Å²) in [5.74, 6) is 0.474. The lowest BCUT2D eigenvalue weighted by Gasteiger charge is -2.37. The van der Waals surface area contributed by atoms with Crippen molar-refractivity contribution in [3.8, 4) is 11.3 Å². The van der Waals surface area contributed by atoms with Crippen molar-refractivity contribution in [1.82, 2.24) is 26.4 Å². The number of carbonyl (C=O) groups is 1. The molecule has 2 heterocycles. The first-order chi connectivity index (χ1) is 13.1. The minimum atomic E-state index is -0.529. The van der Waals surface area contributed by atoms with Gasteiger partial charge in [-0.1, -0.05) is 35.5 Å². The predicted octanol–water partition coefficient (Wildman–Crippen LogP) is 1.40. The Labute approximate surface area is 157 Å². The van der Waals surface area contributed by atoms with E-state index in [0.717, 1.165) is 30.6 Å². The summed E-state index contributed by atoms with van der Waals surface area (Å²) in [6.07, 6.45) is 3.15. The number of nitrogens with one attached hydrogen (secondary N) is 3. The van der Waals surface area contributed by atoms with Gasteiger partial charge in [-0.05, 0) is 25.7 Å². The fourth-order valence-corrected chi connectivity index (χ4v) is 3.34. The van der Waals surface area contributed by atoms with Crippen LogP contribution in [0.4, 0.5) is 0 Å². The van der Waals surface area contributed by atoms with E-state index < -0.39 is 6.10 Å². The molecule has 27 heavy (non-hydrogen) atoms. The van der Waals surface area contributed by atoms with Gasteiger partial charge in [-0.2, -0.15) is 0 Å². The van der Waals surface area contributed by atoms with E-state index in [0.29, 0.717) is 11.6 Å². The lowest BCUT2D eigenvalue weighted by Crippen LogP contribution is -2.49. The number of aliphatic hydroxyl groups excluding tert-OH is 1. The fourth-order valence-electron chi connectivity index (χ4n) is 3.34. The van der Waals surface area contributed by atoms with Gasteiger partial charge in [0.05, 0.1) is 11.8 Å². The highest BCUT2D eigenvalue weighted by atomic mass is 16.5. The van der Waals surface area contributed by atoms with Crippen LogP contribution in [0.3, 0.4) is 0 Å². The van der Waals surface area contributed by atoms with E-state index in [2.05, 4.69) is 21.4 Å². The summed E-state index contributed by atoms with van der Waals surface area (Å²) in [5.41, 5.74) is 8.26. The fraction of sp³-hybridized carbons (Fsp3) is 0.368. The Morgan fingerprint density at radius 2 is 2.19 bits per heavy atom. The van der Waals surface area contributed by atoms with Crippen LogP contribution in [-0.2, 0) is 0 Å². The molecule has 1 aliphatic heterocycles. The summed E-state index contributed by atoms with van der Waals surface area (Å²) in [6, 6.07) is 11.4. The molecule has 1 aliphatic carbocycles. The van der Waals surface area contributed by atoms with Crippen LogP contribution in [-0.4, -0.2) is 39.9 Å². The van der Waals surface area contributed by atoms with Crippen molar-refractivity contribution in [3.05, 3.63) is 54.1 Å². The van der Waals surface area contributed by atoms with Gasteiger partial charge >= 0.3 is 0 Å². The molecule has 2 aliphatic rings. The molecule has 0 radical (unpaired) electrons. The molecule has 0 spiro atoms. The average molecular weight is 369 g/mol. The van der Waals surface area contributed by atoms with Crippen LogP contribution in [0, 0.1) is 5.92 Å². The van der Waals surface area contributed by atoms with Crippen LogP contribution in [0.15, 0.2) is 52.8 Å². The number of nitrogens with zero attached hydrogens (tertiary/aromatic N) is 2. The van der Waals surface area contributed by atoms with Gasteiger partial charge in [0.2, 0.25) is 5.76 Å². The van der Waals surface area contributed by atoms with Crippen molar-refractivity contribution in [2.45, 2.75) is 31.9 Å². The van der Waals surface area contributed by atoms with Crippen LogP contribution in [0.2, 0.25) is 0 Å². The number of rotatable bonds is 6. The Morgan fingerprint density at radius 1 is 1.41 bits per heavy atom. The lowest BCUT2D eigenvalue weighted by molar-refractivity contribution is 0.0823. The van der Waals surface area contributed by atoms with E-state index >= 15 is 0 Å². The van der Waals surface area contributed by atoms with Crippen molar-refractivity contribution in [2.75, 3.05) is 6.54 Å². The molecule has 0 saturated heterocycles. The highest BCUT2D eigenvalue weighted by Gasteiger charge is 2.33. The first-order valence-corrected chi connectivity index (χ1v) is 9.09. The Hall–Kier alpha value is -2.84. The molecule has 1 saturated carbocycles. The van der Waals surface area contributed by atoms with Gasteiger partial charge in [-0.25, -0.2) is 0 Å². The van der Waals surface area contributed by atoms with E-state index in [-0.39, 0.29) is 17.7 Å². The van der Waals surface area contributed by atoms with Crippen LogP contribution < -0.4 is 16.3 Å². The van der Waals surface area contributed by atoms with Crippen molar-refractivity contribution < 1.29 is 14.4 Å². The maximum atomic E-state index is 12.3. The van der Waals surface area contributed by atoms with Crippen LogP contribution >= 0.6 is 0 Å². The van der Waals surface area contributed by atoms with Gasteiger partial charge in [0, 0.05) is 30.4 Å². The first-order valence-electron chi connectivity index (χ1n) is 9.09. The quantitative estimate of drug-likeness (QED) is 0.610. The van der Waals surface area contributed by atoms with E-state index in [1.165, 1.54) is 0 Å². The van der Waals surface area contributed by atoms with Gasteiger partial charge in [0.25, 0.3) is 5.91 Å². The van der Waals surface area contributed by atoms with Crippen LogP contribution in [0.5, 0.6) is 0 Å². The third-order valence-electron chi connectivity index (χ3n) is 4.92. The van der Waals surface area contributed by atoms with Crippen molar-refractivity contribution in [2.24, 2.45) is 5.92 Å². The number of benzene rings is 1. The smallest absolute Gasteiger partial charge is 0.290 e. The normalized spacial score (nSPS) is 22.6. The zero-order valence-electron chi connectivity index (χ0n) is 15.1. The van der Waals surface area contributed by atoms with Gasteiger partial charge in [0.1, 0.15) is 5.69 Å². The largest absolute Gasteiger partial charge is 0.387 e. The molecule has 0 bridgehead atoms. The standard InChI is InChI=1S/C19H23N5O3/c1-12(25)17-11-24(23-21-17)10-13-7-15(8-13)20-19(26)18-9-16(22-27-18)14-5-3-2-4-6-14/h2-6,9,11-13,15,21,23,25H,7-8,10H2,1H3,(H,20,26)/t12-,13-,15-/m1/s1. The van der Waals surface area contributed by atoms with E-state index in [9.17, 15) is 9.90 Å². The molecule has 4 rings (SSSR count). The summed E-state index contributed by atoms with van der Waals surface area (Å²) >= 11 is 0. The number of aliphatic hydroxyl groups is 1. The molecule has 8 heteroatoms. The summed E-state index contributed by atoms with van der Waals surface area (Å²) in [5, 5.41) is 18.4. The van der Waals surface area contributed by atoms with E-state index in [1.54, 1.807) is 13.0 Å². The Morgan fingerprint density at radius 3 is 2.89 bits per heavy atom. The molecule has 142 valence electrons. The third-order valence-corrected chi connectivity index (χ3v) is 4.92. The molecular formula is C19H23N5O3. The molecular weight excluding hydrogens is 346 g/mol. The average Bonchev–Trinajstić information content (AvgIpc) is 3.30. The molecule has 1 aromatic carbocycles. The number of hydrazine groups is 2. The first kappa shape index (κ1) is 17.6. The van der Waals surface area contributed by atoms with Crippen molar-refractivity contribution in [1.29, 1.82) is 0 Å². The van der Waals surface area contributed by atoms with Crippen molar-refractivity contribution in [3.63, 3.8) is 0 Å². The molecule has 2 aromatic rings.